The summed E-state index contributed by atoms with van der Waals surface area (Å²) >= 11 is 0. The molecule has 3 N–H and O–H groups in total. The highest BCUT2D eigenvalue weighted by Gasteiger charge is 2.27. The molecule has 3 rings (SSSR count). The number of nitrogens with one attached hydrogen (secondary N) is 1. The van der Waals surface area contributed by atoms with Crippen LogP contribution in [0, 0.1) is 6.92 Å². The van der Waals surface area contributed by atoms with Crippen LogP contribution in [0.4, 0.5) is 5.95 Å². The van der Waals surface area contributed by atoms with Gasteiger partial charge in [-0.2, -0.15) is 0 Å². The normalized spacial score (nSPS) is 15.9. The Morgan fingerprint density at radius 1 is 1.47 bits per heavy atom. The Kier molecular flexibility index (Phi) is 1.73. The van der Waals surface area contributed by atoms with E-state index in [9.17, 15) is 0 Å². The zero-order chi connectivity index (χ0) is 10.4. The van der Waals surface area contributed by atoms with Crippen molar-refractivity contribution in [2.75, 3.05) is 5.43 Å². The lowest BCUT2D eigenvalue weighted by atomic mass is 10.2. The number of anilines is 1. The number of fused-ring (bicyclic) bond motifs is 1. The van der Waals surface area contributed by atoms with Crippen LogP contribution < -0.4 is 11.3 Å². The van der Waals surface area contributed by atoms with E-state index in [1.165, 1.54) is 23.9 Å². The van der Waals surface area contributed by atoms with Crippen LogP contribution in [0.15, 0.2) is 18.2 Å². The standard InChI is InChI=1S/C11H14N4/c1-7-2-5-9-10(6-7)15(8-3-4-8)11(13-9)14-12/h2,5-6,8H,3-4,12H2,1H3,(H,13,14). The maximum absolute atomic E-state index is 5.48. The van der Waals surface area contributed by atoms with Gasteiger partial charge in [0.2, 0.25) is 5.95 Å². The molecule has 0 unspecified atom stereocenters. The number of nitrogens with two attached hydrogens (primary N) is 1. The highest BCUT2D eigenvalue weighted by Crippen LogP contribution is 2.40. The summed E-state index contributed by atoms with van der Waals surface area (Å²) in [7, 11) is 0. The minimum atomic E-state index is 0.586. The minimum absolute atomic E-state index is 0.586. The highest BCUT2D eigenvalue weighted by molar-refractivity contribution is 5.79. The molecule has 2 aromatic rings. The Labute approximate surface area is 88.1 Å². The van der Waals surface area contributed by atoms with Crippen molar-refractivity contribution < 1.29 is 0 Å². The molecule has 0 atom stereocenters. The molecular formula is C11H14N4. The van der Waals surface area contributed by atoms with Crippen LogP contribution in [0.5, 0.6) is 0 Å². The number of hydrogen-bond donors (Lipinski definition) is 2. The second-order valence-electron chi connectivity index (χ2n) is 4.17. The SMILES string of the molecule is Cc1ccc2nc(NN)n(C3CC3)c2c1. The Morgan fingerprint density at radius 3 is 2.93 bits per heavy atom. The quantitative estimate of drug-likeness (QED) is 0.578. The maximum Gasteiger partial charge on any atom is 0.218 e. The molecule has 1 aliphatic rings. The molecule has 0 saturated heterocycles. The molecule has 15 heavy (non-hydrogen) atoms. The third kappa shape index (κ3) is 1.29. The van der Waals surface area contributed by atoms with E-state index in [2.05, 4.69) is 34.0 Å². The molecule has 0 aliphatic heterocycles. The van der Waals surface area contributed by atoms with E-state index in [1.54, 1.807) is 0 Å². The summed E-state index contributed by atoms with van der Waals surface area (Å²) in [6.07, 6.45) is 2.46. The molecule has 0 amide bonds. The van der Waals surface area contributed by atoms with Gasteiger partial charge in [-0.25, -0.2) is 10.8 Å². The molecule has 1 aromatic heterocycles. The number of aryl methyl sites for hydroxylation is 1. The summed E-state index contributed by atoms with van der Waals surface area (Å²) in [6.45, 7) is 2.10. The minimum Gasteiger partial charge on any atom is -0.306 e. The van der Waals surface area contributed by atoms with Gasteiger partial charge in [0.15, 0.2) is 0 Å². The van der Waals surface area contributed by atoms with E-state index >= 15 is 0 Å². The Hall–Kier alpha value is -1.55. The van der Waals surface area contributed by atoms with Crippen LogP contribution in [0.1, 0.15) is 24.4 Å². The lowest BCUT2D eigenvalue weighted by Crippen LogP contribution is -2.12. The van der Waals surface area contributed by atoms with E-state index in [0.29, 0.717) is 6.04 Å². The summed E-state index contributed by atoms with van der Waals surface area (Å²) in [6, 6.07) is 6.88. The topological polar surface area (TPSA) is 55.9 Å². The van der Waals surface area contributed by atoms with Gasteiger partial charge in [0.25, 0.3) is 0 Å². The van der Waals surface area contributed by atoms with Crippen molar-refractivity contribution in [2.45, 2.75) is 25.8 Å². The number of imidazole rings is 1. The molecule has 1 aliphatic carbocycles. The summed E-state index contributed by atoms with van der Waals surface area (Å²) in [5, 5.41) is 0. The number of hydrazine groups is 1. The van der Waals surface area contributed by atoms with Gasteiger partial charge in [-0.05, 0) is 37.5 Å². The largest absolute Gasteiger partial charge is 0.306 e. The van der Waals surface area contributed by atoms with E-state index in [1.807, 2.05) is 6.07 Å². The Balaban J connectivity index is 2.30. The Morgan fingerprint density at radius 2 is 2.27 bits per heavy atom. The van der Waals surface area contributed by atoms with E-state index in [0.717, 1.165) is 11.5 Å². The fourth-order valence-electron chi connectivity index (χ4n) is 2.01. The zero-order valence-electron chi connectivity index (χ0n) is 8.70. The molecule has 4 nitrogen and oxygen atoms in total. The number of aromatic nitrogens is 2. The second-order valence-corrected chi connectivity index (χ2v) is 4.17. The van der Waals surface area contributed by atoms with Gasteiger partial charge >= 0.3 is 0 Å². The van der Waals surface area contributed by atoms with Gasteiger partial charge in [0, 0.05) is 6.04 Å². The lowest BCUT2D eigenvalue weighted by molar-refractivity contribution is 0.770. The molecular weight excluding hydrogens is 188 g/mol. The molecule has 0 radical (unpaired) electrons. The predicted octanol–water partition coefficient (Wildman–Crippen LogP) is 1.97. The molecule has 78 valence electrons. The van der Waals surface area contributed by atoms with Crippen molar-refractivity contribution in [3.05, 3.63) is 23.8 Å². The first-order valence-electron chi connectivity index (χ1n) is 5.25. The first-order chi connectivity index (χ1) is 7.29. The fourth-order valence-corrected chi connectivity index (χ4v) is 2.01. The molecule has 1 saturated carbocycles. The second kappa shape index (κ2) is 2.97. The summed E-state index contributed by atoms with van der Waals surface area (Å²) in [5.41, 5.74) is 6.13. The van der Waals surface area contributed by atoms with Crippen molar-refractivity contribution >= 4 is 17.0 Å². The van der Waals surface area contributed by atoms with Gasteiger partial charge in [-0.3, -0.25) is 5.43 Å². The predicted molar refractivity (Wildman–Crippen MR) is 60.6 cm³/mol. The van der Waals surface area contributed by atoms with Crippen molar-refractivity contribution in [3.8, 4) is 0 Å². The lowest BCUT2D eigenvalue weighted by Gasteiger charge is -2.05. The molecule has 1 heterocycles. The average Bonchev–Trinajstić information content (AvgIpc) is 2.99. The number of hydrogen-bond acceptors (Lipinski definition) is 3. The average molecular weight is 202 g/mol. The van der Waals surface area contributed by atoms with Crippen LogP contribution in [0.3, 0.4) is 0 Å². The molecule has 1 fully saturated rings. The maximum atomic E-state index is 5.48. The van der Waals surface area contributed by atoms with Gasteiger partial charge in [-0.1, -0.05) is 6.07 Å². The molecule has 1 aromatic carbocycles. The molecule has 4 heteroatoms. The van der Waals surface area contributed by atoms with Crippen LogP contribution in [0.2, 0.25) is 0 Å². The molecule has 0 bridgehead atoms. The van der Waals surface area contributed by atoms with Gasteiger partial charge in [-0.15, -0.1) is 0 Å². The van der Waals surface area contributed by atoms with Gasteiger partial charge < -0.3 is 4.57 Å². The number of nitrogens with zero attached hydrogens (tertiary/aromatic N) is 2. The first kappa shape index (κ1) is 8.73. The molecule has 0 spiro atoms. The van der Waals surface area contributed by atoms with Crippen molar-refractivity contribution in [1.29, 1.82) is 0 Å². The summed E-state index contributed by atoms with van der Waals surface area (Å²) in [5.74, 6) is 6.26. The smallest absolute Gasteiger partial charge is 0.218 e. The number of nitrogen functional groups attached to an aromatic ring is 1. The van der Waals surface area contributed by atoms with Crippen LogP contribution in [-0.2, 0) is 0 Å². The third-order valence-electron chi connectivity index (χ3n) is 2.89. The summed E-state index contributed by atoms with van der Waals surface area (Å²) in [4.78, 5) is 4.46. The Bertz CT molecular complexity index is 511. The van der Waals surface area contributed by atoms with Crippen LogP contribution >= 0.6 is 0 Å². The highest BCUT2D eigenvalue weighted by atomic mass is 15.4. The van der Waals surface area contributed by atoms with Crippen molar-refractivity contribution in [2.24, 2.45) is 5.84 Å². The number of benzene rings is 1. The van der Waals surface area contributed by atoms with Gasteiger partial charge in [0.1, 0.15) is 0 Å². The third-order valence-corrected chi connectivity index (χ3v) is 2.89. The van der Waals surface area contributed by atoms with Crippen LogP contribution in [0.25, 0.3) is 11.0 Å². The van der Waals surface area contributed by atoms with E-state index in [4.69, 9.17) is 5.84 Å². The first-order valence-corrected chi connectivity index (χ1v) is 5.25. The zero-order valence-corrected chi connectivity index (χ0v) is 8.70. The van der Waals surface area contributed by atoms with Crippen molar-refractivity contribution in [1.82, 2.24) is 9.55 Å². The monoisotopic (exact) mass is 202 g/mol. The van der Waals surface area contributed by atoms with Crippen molar-refractivity contribution in [3.63, 3.8) is 0 Å². The van der Waals surface area contributed by atoms with Crippen LogP contribution in [-0.4, -0.2) is 9.55 Å². The number of rotatable bonds is 2. The van der Waals surface area contributed by atoms with E-state index < -0.39 is 0 Å². The summed E-state index contributed by atoms with van der Waals surface area (Å²) < 4.78 is 2.21. The van der Waals surface area contributed by atoms with Gasteiger partial charge in [0.05, 0.1) is 11.0 Å². The van der Waals surface area contributed by atoms with E-state index in [-0.39, 0.29) is 0 Å². The fraction of sp³-hybridized carbons (Fsp3) is 0.364.